The first-order chi connectivity index (χ1) is 22.5. The molecule has 0 aliphatic carbocycles. The second kappa shape index (κ2) is 17.0. The molecule has 0 aromatic heterocycles. The van der Waals surface area contributed by atoms with Gasteiger partial charge in [-0.2, -0.15) is 0 Å². The number of fused-ring (bicyclic) bond motifs is 1. The number of aldehydes is 1. The molecule has 6 rings (SSSR count). The fourth-order valence-electron chi connectivity index (χ4n) is 5.10. The smallest absolute Gasteiger partial charge is 0.466 e. The maximum absolute atomic E-state index is 11.6. The van der Waals surface area contributed by atoms with Gasteiger partial charge < -0.3 is 39.3 Å². The first-order valence-corrected chi connectivity index (χ1v) is 15.5. The van der Waals surface area contributed by atoms with Crippen LogP contribution in [0.15, 0.2) is 97.1 Å². The van der Waals surface area contributed by atoms with Crippen LogP contribution >= 0.6 is 12.4 Å². The maximum Gasteiger partial charge on any atom is 0.495 e. The molecule has 0 spiro atoms. The highest BCUT2D eigenvalue weighted by Gasteiger charge is 2.52. The van der Waals surface area contributed by atoms with Crippen LogP contribution in [-0.4, -0.2) is 49.3 Å². The van der Waals surface area contributed by atoms with Crippen molar-refractivity contribution in [3.05, 3.63) is 108 Å². The minimum atomic E-state index is -1.07. The van der Waals surface area contributed by atoms with Crippen LogP contribution in [0.2, 0.25) is 0 Å². The second-order valence-electron chi connectivity index (χ2n) is 12.1. The van der Waals surface area contributed by atoms with E-state index in [2.05, 4.69) is 0 Å². The average Bonchev–Trinajstić information content (AvgIpc) is 3.47. The van der Waals surface area contributed by atoms with Gasteiger partial charge >= 0.3 is 20.2 Å². The molecule has 0 amide bonds. The van der Waals surface area contributed by atoms with E-state index in [0.29, 0.717) is 40.3 Å². The lowest BCUT2D eigenvalue weighted by atomic mass is 9.76. The van der Waals surface area contributed by atoms with Crippen molar-refractivity contribution in [2.75, 3.05) is 6.61 Å². The molecule has 49 heavy (non-hydrogen) atoms. The second-order valence-corrected chi connectivity index (χ2v) is 12.1. The molecule has 2 aliphatic heterocycles. The van der Waals surface area contributed by atoms with Crippen molar-refractivity contribution in [1.29, 1.82) is 0 Å². The van der Waals surface area contributed by atoms with E-state index in [9.17, 15) is 14.6 Å². The van der Waals surface area contributed by atoms with Gasteiger partial charge in [-0.05, 0) is 106 Å². The fourth-order valence-corrected chi connectivity index (χ4v) is 5.10. The van der Waals surface area contributed by atoms with E-state index in [-0.39, 0.29) is 30.9 Å². The van der Waals surface area contributed by atoms with Crippen LogP contribution in [0.1, 0.15) is 63.1 Å². The Morgan fingerprint density at radius 3 is 1.82 bits per heavy atom. The number of benzene rings is 4. The van der Waals surface area contributed by atoms with Gasteiger partial charge in [-0.3, -0.25) is 9.59 Å². The van der Waals surface area contributed by atoms with Crippen LogP contribution in [0.25, 0.3) is 0 Å². The molecule has 258 valence electrons. The molecule has 0 saturated carbocycles. The molecular weight excluding hydrogens is 647 g/mol. The highest BCUT2D eigenvalue weighted by molar-refractivity contribution is 6.63. The van der Waals surface area contributed by atoms with E-state index in [1.165, 1.54) is 0 Å². The first-order valence-electron chi connectivity index (χ1n) is 15.5. The highest BCUT2D eigenvalue weighted by atomic mass is 35.5. The molecule has 4 aromatic rings. The molecule has 2 aliphatic rings. The van der Waals surface area contributed by atoms with Gasteiger partial charge in [0.2, 0.25) is 0 Å². The fraction of sp³-hybridized carbons (Fsp3) is 0.278. The molecule has 1 saturated heterocycles. The third-order valence-corrected chi connectivity index (χ3v) is 8.27. The highest BCUT2D eigenvalue weighted by Crippen LogP contribution is 2.37. The summed E-state index contributed by atoms with van der Waals surface area (Å²) in [6, 6.07) is 29.5. The summed E-state index contributed by atoms with van der Waals surface area (Å²) >= 11 is 0. The van der Waals surface area contributed by atoms with Gasteiger partial charge in [0.25, 0.3) is 0 Å². The van der Waals surface area contributed by atoms with Crippen LogP contribution < -0.4 is 26.5 Å². The van der Waals surface area contributed by atoms with Gasteiger partial charge in [0.15, 0.2) is 0 Å². The summed E-state index contributed by atoms with van der Waals surface area (Å²) in [5.74, 6) is 2.34. The Labute approximate surface area is 294 Å². The number of ether oxygens (including phenoxy) is 3. The van der Waals surface area contributed by atoms with Gasteiger partial charge in [0, 0.05) is 5.56 Å². The summed E-state index contributed by atoms with van der Waals surface area (Å²) in [5.41, 5.74) is 1.69. The molecule has 4 aromatic carbocycles. The van der Waals surface area contributed by atoms with Crippen molar-refractivity contribution in [1.82, 2.24) is 6.15 Å². The number of halogens is 1. The summed E-state index contributed by atoms with van der Waals surface area (Å²) in [5, 5.41) is 10.1. The summed E-state index contributed by atoms with van der Waals surface area (Å²) in [6.07, 6.45) is 0.397. The number of para-hydroxylation sites is 2. The zero-order valence-electron chi connectivity index (χ0n) is 28.3. The van der Waals surface area contributed by atoms with Crippen LogP contribution in [-0.2, 0) is 23.5 Å². The van der Waals surface area contributed by atoms with Gasteiger partial charge in [0.1, 0.15) is 29.3 Å². The monoisotopic (exact) mass is 689 g/mol. The van der Waals surface area contributed by atoms with Crippen molar-refractivity contribution in [2.24, 2.45) is 0 Å². The Morgan fingerprint density at radius 2 is 1.31 bits per heavy atom. The molecule has 1 atom stereocenters. The van der Waals surface area contributed by atoms with Gasteiger partial charge in [0.05, 0.1) is 30.3 Å². The molecule has 10 nitrogen and oxygen atoms in total. The Balaban J connectivity index is 0.000000255. The summed E-state index contributed by atoms with van der Waals surface area (Å²) in [4.78, 5) is 23.0. The number of rotatable bonds is 9. The Morgan fingerprint density at radius 1 is 0.796 bits per heavy atom. The van der Waals surface area contributed by atoms with E-state index < -0.39 is 31.5 Å². The van der Waals surface area contributed by atoms with Gasteiger partial charge in [-0.15, -0.1) is 12.4 Å². The lowest BCUT2D eigenvalue weighted by molar-refractivity contribution is -0.145. The standard InChI is InChI=1S/C19H21BO4.C17H17BO5.ClH.H3N/c1-18(2)19(3,4)24-20(23-18)17-12-16(11-10-14(17)13-21)22-15-8-6-5-7-9-15;1-2-21-17(19)11-16-14-9-8-13(10-15(14)18(20)23-16)22-12-6-4-3-5-7-12;;/h5-13H,1-4H3;3-10,16,20H,2,11H2,1H3;1H;1H3. The minimum Gasteiger partial charge on any atom is -0.466 e. The van der Waals surface area contributed by atoms with Gasteiger partial charge in [-0.25, -0.2) is 0 Å². The normalized spacial score (nSPS) is 16.6. The van der Waals surface area contributed by atoms with Crippen LogP contribution in [0, 0.1) is 0 Å². The lowest BCUT2D eigenvalue weighted by Crippen LogP contribution is -2.41. The van der Waals surface area contributed by atoms with Crippen molar-refractivity contribution < 1.29 is 42.8 Å². The first kappa shape index (κ1) is 39.3. The van der Waals surface area contributed by atoms with E-state index in [1.807, 2.05) is 94.4 Å². The molecule has 1 unspecified atom stereocenters. The number of hydrogen-bond donors (Lipinski definition) is 2. The van der Waals surface area contributed by atoms with Crippen LogP contribution in [0.5, 0.6) is 23.0 Å². The number of esters is 1. The van der Waals surface area contributed by atoms with E-state index in [1.54, 1.807) is 37.3 Å². The molecule has 1 fully saturated rings. The summed E-state index contributed by atoms with van der Waals surface area (Å²) < 4.78 is 34.1. The molecule has 13 heteroatoms. The average molecular weight is 690 g/mol. The van der Waals surface area contributed by atoms with Crippen molar-refractivity contribution in [2.45, 2.75) is 58.3 Å². The van der Waals surface area contributed by atoms with Crippen molar-refractivity contribution >= 4 is 49.8 Å². The van der Waals surface area contributed by atoms with Crippen LogP contribution in [0.4, 0.5) is 0 Å². The van der Waals surface area contributed by atoms with Crippen LogP contribution in [0.3, 0.4) is 0 Å². The third kappa shape index (κ3) is 9.51. The quantitative estimate of drug-likeness (QED) is 0.116. The largest absolute Gasteiger partial charge is 0.495 e. The molecule has 4 N–H and O–H groups in total. The molecule has 0 bridgehead atoms. The van der Waals surface area contributed by atoms with Crippen molar-refractivity contribution in [3.63, 3.8) is 0 Å². The number of carbonyl (C=O) groups is 2. The SMILES string of the molecule is CC1(C)OB(c2cc(Oc3ccccc3)ccc2C=O)OC1(C)C.CCOC(=O)CC1OB(O)c2cc(Oc3ccccc3)ccc21.Cl.N. The predicted molar refractivity (Wildman–Crippen MR) is 192 cm³/mol. The van der Waals surface area contributed by atoms with E-state index >= 15 is 0 Å². The summed E-state index contributed by atoms with van der Waals surface area (Å²) in [7, 11) is -1.67. The Bertz CT molecular complexity index is 1680. The molecule has 0 radical (unpaired) electrons. The Hall–Kier alpha value is -4.16. The van der Waals surface area contributed by atoms with E-state index in [0.717, 1.165) is 17.6 Å². The number of carbonyl (C=O) groups excluding carboxylic acids is 2. The topological polar surface area (TPSA) is 145 Å². The molecular formula is C36H42B2ClNO9. The Kier molecular flexibility index (Phi) is 13.6. The zero-order chi connectivity index (χ0) is 33.6. The third-order valence-electron chi connectivity index (χ3n) is 8.27. The minimum absolute atomic E-state index is 0. The van der Waals surface area contributed by atoms with E-state index in [4.69, 9.17) is 28.2 Å². The number of hydrogen-bond acceptors (Lipinski definition) is 10. The zero-order valence-corrected chi connectivity index (χ0v) is 29.1. The van der Waals surface area contributed by atoms with Crippen molar-refractivity contribution in [3.8, 4) is 23.0 Å². The van der Waals surface area contributed by atoms with Gasteiger partial charge in [-0.1, -0.05) is 42.5 Å². The molecule has 2 heterocycles. The summed E-state index contributed by atoms with van der Waals surface area (Å²) in [6.45, 7) is 10.0. The lowest BCUT2D eigenvalue weighted by Gasteiger charge is -2.32. The predicted octanol–water partition coefficient (Wildman–Crippen LogP) is 6.37. The maximum atomic E-state index is 11.6.